The highest BCUT2D eigenvalue weighted by atomic mass is 32.1. The van der Waals surface area contributed by atoms with Gasteiger partial charge in [0.15, 0.2) is 5.13 Å². The topological polar surface area (TPSA) is 63.8 Å². The molecule has 86 valence electrons. The van der Waals surface area contributed by atoms with Crippen LogP contribution in [0.25, 0.3) is 0 Å². The first-order chi connectivity index (χ1) is 7.74. The van der Waals surface area contributed by atoms with Crippen molar-refractivity contribution < 1.29 is 0 Å². The van der Waals surface area contributed by atoms with Crippen molar-refractivity contribution in [3.05, 3.63) is 27.2 Å². The first kappa shape index (κ1) is 11.5. The summed E-state index contributed by atoms with van der Waals surface area (Å²) in [6.07, 6.45) is 0.915. The molecule has 0 saturated heterocycles. The molecule has 0 radical (unpaired) electrons. The quantitative estimate of drug-likeness (QED) is 0.799. The Hall–Kier alpha value is -0.980. The van der Waals surface area contributed by atoms with E-state index in [0.717, 1.165) is 35.9 Å². The van der Waals surface area contributed by atoms with Crippen LogP contribution in [0, 0.1) is 6.92 Å². The average molecular weight is 254 g/mol. The van der Waals surface area contributed by atoms with Crippen LogP contribution in [0.3, 0.4) is 0 Å². The summed E-state index contributed by atoms with van der Waals surface area (Å²) in [6, 6.07) is 0. The van der Waals surface area contributed by atoms with Crippen molar-refractivity contribution in [1.82, 2.24) is 15.3 Å². The van der Waals surface area contributed by atoms with Crippen molar-refractivity contribution in [2.45, 2.75) is 19.9 Å². The molecule has 0 bridgehead atoms. The highest BCUT2D eigenvalue weighted by Gasteiger charge is 2.00. The summed E-state index contributed by atoms with van der Waals surface area (Å²) in [6.45, 7) is 3.75. The minimum Gasteiger partial charge on any atom is -0.375 e. The maximum absolute atomic E-state index is 5.56. The summed E-state index contributed by atoms with van der Waals surface area (Å²) in [5.41, 5.74) is 7.71. The highest BCUT2D eigenvalue weighted by molar-refractivity contribution is 7.13. The number of nitrogens with two attached hydrogens (primary N) is 1. The van der Waals surface area contributed by atoms with Gasteiger partial charge in [-0.05, 0) is 6.92 Å². The largest absolute Gasteiger partial charge is 0.375 e. The number of nitrogens with zero attached hydrogens (tertiary/aromatic N) is 2. The van der Waals surface area contributed by atoms with Crippen LogP contribution in [0.5, 0.6) is 0 Å². The Bertz CT molecular complexity index is 407. The van der Waals surface area contributed by atoms with Crippen LogP contribution in [-0.4, -0.2) is 16.5 Å². The maximum Gasteiger partial charge on any atom is 0.180 e. The number of hydrogen-bond acceptors (Lipinski definition) is 6. The van der Waals surface area contributed by atoms with Crippen molar-refractivity contribution in [2.75, 3.05) is 12.3 Å². The Morgan fingerprint density at radius 1 is 1.31 bits per heavy atom. The van der Waals surface area contributed by atoms with Gasteiger partial charge in [0.2, 0.25) is 0 Å². The van der Waals surface area contributed by atoms with Gasteiger partial charge in [0.05, 0.1) is 5.69 Å². The van der Waals surface area contributed by atoms with E-state index in [1.54, 1.807) is 11.3 Å². The lowest BCUT2D eigenvalue weighted by Gasteiger charge is -1.99. The third kappa shape index (κ3) is 3.26. The van der Waals surface area contributed by atoms with Gasteiger partial charge in [-0.15, -0.1) is 22.7 Å². The molecular weight excluding hydrogens is 240 g/mol. The van der Waals surface area contributed by atoms with Gasteiger partial charge in [0, 0.05) is 36.0 Å². The van der Waals surface area contributed by atoms with Crippen LogP contribution < -0.4 is 11.1 Å². The molecular formula is C10H14N4S2. The van der Waals surface area contributed by atoms with Gasteiger partial charge in [0.25, 0.3) is 0 Å². The molecule has 6 heteroatoms. The molecule has 4 nitrogen and oxygen atoms in total. The maximum atomic E-state index is 5.56. The van der Waals surface area contributed by atoms with Crippen LogP contribution in [0.15, 0.2) is 10.8 Å². The second-order valence-electron chi connectivity index (χ2n) is 3.49. The molecule has 0 saturated carbocycles. The molecule has 2 heterocycles. The van der Waals surface area contributed by atoms with Crippen LogP contribution in [-0.2, 0) is 13.0 Å². The van der Waals surface area contributed by atoms with Gasteiger partial charge in [0.1, 0.15) is 5.01 Å². The Balaban J connectivity index is 1.69. The zero-order chi connectivity index (χ0) is 11.4. The van der Waals surface area contributed by atoms with E-state index in [0.29, 0.717) is 5.13 Å². The number of rotatable bonds is 5. The minimum atomic E-state index is 0.644. The van der Waals surface area contributed by atoms with Crippen molar-refractivity contribution in [2.24, 2.45) is 0 Å². The van der Waals surface area contributed by atoms with Crippen molar-refractivity contribution in [1.29, 1.82) is 0 Å². The Kier molecular flexibility index (Phi) is 3.87. The van der Waals surface area contributed by atoms with Gasteiger partial charge >= 0.3 is 0 Å². The zero-order valence-electron chi connectivity index (χ0n) is 9.06. The van der Waals surface area contributed by atoms with Crippen LogP contribution in [0.2, 0.25) is 0 Å². The van der Waals surface area contributed by atoms with E-state index in [1.807, 2.05) is 12.3 Å². The van der Waals surface area contributed by atoms with Gasteiger partial charge in [-0.3, -0.25) is 0 Å². The second kappa shape index (κ2) is 5.38. The fourth-order valence-electron chi connectivity index (χ4n) is 1.33. The molecule has 2 aromatic rings. The van der Waals surface area contributed by atoms with Gasteiger partial charge in [-0.25, -0.2) is 9.97 Å². The lowest BCUT2D eigenvalue weighted by Crippen LogP contribution is -2.16. The number of thiazole rings is 2. The second-order valence-corrected chi connectivity index (χ2v) is 5.32. The molecule has 0 aliphatic carbocycles. The van der Waals surface area contributed by atoms with E-state index in [1.165, 1.54) is 11.3 Å². The van der Waals surface area contributed by atoms with E-state index in [-0.39, 0.29) is 0 Å². The molecule has 3 N–H and O–H groups in total. The SMILES string of the molecule is Cc1csc(CNCCc2csc(N)n2)n1. The first-order valence-electron chi connectivity index (χ1n) is 5.05. The molecule has 2 aromatic heterocycles. The van der Waals surface area contributed by atoms with Crippen LogP contribution >= 0.6 is 22.7 Å². The van der Waals surface area contributed by atoms with E-state index in [2.05, 4.69) is 20.7 Å². The molecule has 0 unspecified atom stereocenters. The first-order valence-corrected chi connectivity index (χ1v) is 6.81. The van der Waals surface area contributed by atoms with Gasteiger partial charge < -0.3 is 11.1 Å². The van der Waals surface area contributed by atoms with Crippen molar-refractivity contribution in [3.63, 3.8) is 0 Å². The third-order valence-electron chi connectivity index (χ3n) is 2.07. The number of aryl methyl sites for hydroxylation is 1. The van der Waals surface area contributed by atoms with Crippen molar-refractivity contribution in [3.8, 4) is 0 Å². The molecule has 0 aliphatic heterocycles. The summed E-state index contributed by atoms with van der Waals surface area (Å²) in [7, 11) is 0. The van der Waals surface area contributed by atoms with Crippen molar-refractivity contribution >= 4 is 27.8 Å². The monoisotopic (exact) mass is 254 g/mol. The molecule has 0 aromatic carbocycles. The van der Waals surface area contributed by atoms with Gasteiger partial charge in [-0.2, -0.15) is 0 Å². The Morgan fingerprint density at radius 2 is 2.19 bits per heavy atom. The average Bonchev–Trinajstić information content (AvgIpc) is 2.83. The number of anilines is 1. The minimum absolute atomic E-state index is 0.644. The molecule has 2 rings (SSSR count). The number of hydrogen-bond donors (Lipinski definition) is 2. The van der Waals surface area contributed by atoms with E-state index >= 15 is 0 Å². The normalized spacial score (nSPS) is 10.8. The molecule has 0 amide bonds. The smallest absolute Gasteiger partial charge is 0.180 e. The molecule has 16 heavy (non-hydrogen) atoms. The van der Waals surface area contributed by atoms with Crippen LogP contribution in [0.4, 0.5) is 5.13 Å². The molecule has 0 atom stereocenters. The Labute approximate surface area is 103 Å². The number of nitrogens with one attached hydrogen (secondary N) is 1. The van der Waals surface area contributed by atoms with Crippen LogP contribution in [0.1, 0.15) is 16.4 Å². The standard InChI is InChI=1S/C10H14N4S2/c1-7-5-15-9(13-7)4-12-3-2-8-6-16-10(11)14-8/h5-6,12H,2-4H2,1H3,(H2,11,14). The van der Waals surface area contributed by atoms with Gasteiger partial charge in [-0.1, -0.05) is 0 Å². The zero-order valence-corrected chi connectivity index (χ0v) is 10.7. The fraction of sp³-hybridized carbons (Fsp3) is 0.400. The highest BCUT2D eigenvalue weighted by Crippen LogP contribution is 2.11. The predicted octanol–water partition coefficient (Wildman–Crippen LogP) is 1.82. The summed E-state index contributed by atoms with van der Waals surface area (Å²) in [5, 5.41) is 9.20. The Morgan fingerprint density at radius 3 is 2.81 bits per heavy atom. The number of aromatic nitrogens is 2. The lowest BCUT2D eigenvalue weighted by atomic mass is 10.3. The summed E-state index contributed by atoms with van der Waals surface area (Å²) < 4.78 is 0. The van der Waals surface area contributed by atoms with E-state index < -0.39 is 0 Å². The van der Waals surface area contributed by atoms with E-state index in [9.17, 15) is 0 Å². The summed E-state index contributed by atoms with van der Waals surface area (Å²) in [4.78, 5) is 8.58. The molecule has 0 spiro atoms. The summed E-state index contributed by atoms with van der Waals surface area (Å²) in [5.74, 6) is 0. The van der Waals surface area contributed by atoms with E-state index in [4.69, 9.17) is 5.73 Å². The molecule has 0 aliphatic rings. The summed E-state index contributed by atoms with van der Waals surface area (Å²) >= 11 is 3.18. The number of nitrogen functional groups attached to an aromatic ring is 1. The third-order valence-corrected chi connectivity index (χ3v) is 3.76. The predicted molar refractivity (Wildman–Crippen MR) is 68.8 cm³/mol. The fourth-order valence-corrected chi connectivity index (χ4v) is 2.67. The molecule has 0 fully saturated rings. The lowest BCUT2D eigenvalue weighted by molar-refractivity contribution is 0.678.